The molecule has 4 aromatic carbocycles. The van der Waals surface area contributed by atoms with Crippen molar-refractivity contribution in [1.82, 2.24) is 0 Å². The van der Waals surface area contributed by atoms with Gasteiger partial charge in [0.1, 0.15) is 0 Å². The van der Waals surface area contributed by atoms with Crippen molar-refractivity contribution in [2.75, 3.05) is 0 Å². The summed E-state index contributed by atoms with van der Waals surface area (Å²) in [5.41, 5.74) is 7.79. The third-order valence-electron chi connectivity index (χ3n) is 8.63. The zero-order valence-electron chi connectivity index (χ0n) is 25.9. The zero-order valence-corrected chi connectivity index (χ0v) is 30.0. The second-order valence-electron chi connectivity index (χ2n) is 11.7. The molecule has 2 heterocycles. The van der Waals surface area contributed by atoms with Gasteiger partial charge in [0.15, 0.2) is 23.0 Å². The molecule has 0 N–H and O–H groups in total. The van der Waals surface area contributed by atoms with E-state index in [4.69, 9.17) is 19.5 Å². The van der Waals surface area contributed by atoms with Crippen molar-refractivity contribution in [1.29, 1.82) is 0 Å². The van der Waals surface area contributed by atoms with Crippen LogP contribution < -0.4 is 34.0 Å². The molecule has 6 rings (SSSR count). The first-order valence-corrected chi connectivity index (χ1v) is 14.5. The normalized spacial score (nSPS) is 19.2. The molecule has 2 aliphatic rings. The zero-order chi connectivity index (χ0) is 28.8. The van der Waals surface area contributed by atoms with Crippen molar-refractivity contribution >= 4 is 11.8 Å². The van der Waals surface area contributed by atoms with Gasteiger partial charge in [0.05, 0.1) is 18.5 Å². The summed E-state index contributed by atoms with van der Waals surface area (Å²) in [6.45, 7) is 12.7. The van der Waals surface area contributed by atoms with Gasteiger partial charge in [0.25, 0.3) is 0 Å². The van der Waals surface area contributed by atoms with Crippen LogP contribution in [0.4, 0.5) is 0 Å². The SMILES string of the molecule is Cc1ccc(C2(c3ccc(C)cc3)OC(CC3=N[C@H](C)C(c4ccc(C)cc4)(c4ccc(C)cc4)O3)=N[C@@H]2C)cc1.[Br-].[Br-].[Ni+2]. The van der Waals surface area contributed by atoms with Crippen LogP contribution in [-0.2, 0) is 37.2 Å². The van der Waals surface area contributed by atoms with Gasteiger partial charge in [-0.25, -0.2) is 9.98 Å². The van der Waals surface area contributed by atoms with Crippen molar-refractivity contribution in [2.24, 2.45) is 9.98 Å². The Morgan fingerprint density at radius 1 is 0.477 bits per heavy atom. The molecule has 2 atom stereocenters. The number of rotatable bonds is 6. The van der Waals surface area contributed by atoms with Gasteiger partial charge in [0.2, 0.25) is 0 Å². The second kappa shape index (κ2) is 14.1. The van der Waals surface area contributed by atoms with E-state index in [0.717, 1.165) is 22.3 Å². The first-order valence-electron chi connectivity index (χ1n) is 14.5. The van der Waals surface area contributed by atoms with Crippen LogP contribution in [0.25, 0.3) is 0 Å². The van der Waals surface area contributed by atoms with Crippen LogP contribution >= 0.6 is 0 Å². The van der Waals surface area contributed by atoms with E-state index in [1.54, 1.807) is 0 Å². The fourth-order valence-corrected chi connectivity index (χ4v) is 6.24. The predicted molar refractivity (Wildman–Crippen MR) is 167 cm³/mol. The summed E-state index contributed by atoms with van der Waals surface area (Å²) >= 11 is 0. The maximum atomic E-state index is 6.91. The smallest absolute Gasteiger partial charge is 1.00 e. The fourth-order valence-electron chi connectivity index (χ4n) is 6.24. The molecule has 0 fully saturated rings. The Hall–Kier alpha value is -2.73. The van der Waals surface area contributed by atoms with Crippen LogP contribution in [-0.4, -0.2) is 23.9 Å². The summed E-state index contributed by atoms with van der Waals surface area (Å²) in [6, 6.07) is 34.2. The van der Waals surface area contributed by atoms with Crippen LogP contribution in [0.3, 0.4) is 0 Å². The first-order chi connectivity index (χ1) is 19.7. The fraction of sp³-hybridized carbons (Fsp3) is 0.297. The molecule has 232 valence electrons. The molecule has 4 aromatic rings. The predicted octanol–water partition coefficient (Wildman–Crippen LogP) is 2.14. The van der Waals surface area contributed by atoms with E-state index >= 15 is 0 Å². The van der Waals surface area contributed by atoms with Gasteiger partial charge in [-0.05, 0) is 41.5 Å². The molecule has 0 spiro atoms. The summed E-state index contributed by atoms with van der Waals surface area (Å²) < 4.78 is 13.8. The molecule has 0 aliphatic carbocycles. The third kappa shape index (κ3) is 6.34. The van der Waals surface area contributed by atoms with Crippen LogP contribution in [0.5, 0.6) is 0 Å². The quantitative estimate of drug-likeness (QED) is 0.283. The Bertz CT molecular complexity index is 1400. The van der Waals surface area contributed by atoms with Gasteiger partial charge in [-0.1, -0.05) is 119 Å². The Labute approximate surface area is 292 Å². The average Bonchev–Trinajstić information content (AvgIpc) is 3.47. The summed E-state index contributed by atoms with van der Waals surface area (Å²) in [5.74, 6) is 1.29. The molecule has 0 bridgehead atoms. The Balaban J connectivity index is 0.00000176. The second-order valence-corrected chi connectivity index (χ2v) is 11.7. The van der Waals surface area contributed by atoms with E-state index in [9.17, 15) is 0 Å². The van der Waals surface area contributed by atoms with Crippen molar-refractivity contribution in [3.63, 3.8) is 0 Å². The van der Waals surface area contributed by atoms with Crippen LogP contribution in [0.1, 0.15) is 64.8 Å². The summed E-state index contributed by atoms with van der Waals surface area (Å²) in [5, 5.41) is 0. The largest absolute Gasteiger partial charge is 2.00 e. The summed E-state index contributed by atoms with van der Waals surface area (Å²) in [4.78, 5) is 10.2. The van der Waals surface area contributed by atoms with E-state index in [1.165, 1.54) is 22.3 Å². The molecule has 4 nitrogen and oxygen atoms in total. The van der Waals surface area contributed by atoms with Gasteiger partial charge in [-0.2, -0.15) is 0 Å². The molecule has 0 saturated carbocycles. The molecule has 44 heavy (non-hydrogen) atoms. The van der Waals surface area contributed by atoms with Crippen LogP contribution in [0.2, 0.25) is 0 Å². The molecule has 0 radical (unpaired) electrons. The topological polar surface area (TPSA) is 43.2 Å². The van der Waals surface area contributed by atoms with Crippen molar-refractivity contribution in [3.05, 3.63) is 142 Å². The number of halogens is 2. The maximum Gasteiger partial charge on any atom is 2.00 e. The van der Waals surface area contributed by atoms with E-state index in [0.29, 0.717) is 18.2 Å². The molecule has 0 unspecified atom stereocenters. The molecule has 0 amide bonds. The third-order valence-corrected chi connectivity index (χ3v) is 8.63. The van der Waals surface area contributed by atoms with E-state index in [1.807, 2.05) is 0 Å². The number of benzene rings is 4. The standard InChI is InChI=1S/C37H38N2O2.2BrH.Ni/c1-24-7-15-30(16-8-24)36(31-17-9-25(2)10-18-31)28(5)38-34(40-36)23-35-39-29(6)37(41-35,32-19-11-26(3)12-20-32)33-21-13-27(4)14-22-33;;;/h7-22,28-29H,23H2,1-6H3;2*1H;/q;;;+2/p-2/t28-,29-;;;/m1.../s1. The molecule has 0 aromatic heterocycles. The number of hydrogen-bond acceptors (Lipinski definition) is 4. The van der Waals surface area contributed by atoms with Crippen molar-refractivity contribution in [2.45, 2.75) is 71.2 Å². The van der Waals surface area contributed by atoms with Crippen LogP contribution in [0, 0.1) is 27.7 Å². The molecular weight excluding hydrogens is 723 g/mol. The summed E-state index contributed by atoms with van der Waals surface area (Å²) in [7, 11) is 0. The van der Waals surface area contributed by atoms with E-state index in [2.05, 4.69) is 139 Å². The molecular formula is C37H38Br2N2NiO2. The minimum Gasteiger partial charge on any atom is -1.00 e. The van der Waals surface area contributed by atoms with Crippen molar-refractivity contribution < 1.29 is 59.9 Å². The average molecular weight is 761 g/mol. The number of aliphatic imine (C=N–C) groups is 2. The molecule has 7 heteroatoms. The molecule has 0 saturated heterocycles. The van der Waals surface area contributed by atoms with Gasteiger partial charge < -0.3 is 43.4 Å². The maximum absolute atomic E-state index is 6.91. The van der Waals surface area contributed by atoms with Gasteiger partial charge in [-0.3, -0.25) is 0 Å². The minimum atomic E-state index is -0.716. The van der Waals surface area contributed by atoms with Gasteiger partial charge in [0, 0.05) is 22.3 Å². The number of aryl methyl sites for hydroxylation is 4. The van der Waals surface area contributed by atoms with E-state index in [-0.39, 0.29) is 62.5 Å². The van der Waals surface area contributed by atoms with Gasteiger partial charge in [-0.15, -0.1) is 0 Å². The Morgan fingerprint density at radius 2 is 0.705 bits per heavy atom. The Kier molecular flexibility index (Phi) is 11.5. The molecule has 2 aliphatic heterocycles. The first kappa shape index (κ1) is 35.7. The number of ether oxygens (including phenoxy) is 2. The van der Waals surface area contributed by atoms with Crippen LogP contribution in [0.15, 0.2) is 107 Å². The van der Waals surface area contributed by atoms with Crippen molar-refractivity contribution in [3.8, 4) is 0 Å². The monoisotopic (exact) mass is 758 g/mol. The summed E-state index contributed by atoms with van der Waals surface area (Å²) in [6.07, 6.45) is 0.396. The van der Waals surface area contributed by atoms with E-state index < -0.39 is 11.2 Å². The van der Waals surface area contributed by atoms with Gasteiger partial charge >= 0.3 is 16.5 Å². The number of hydrogen-bond donors (Lipinski definition) is 0. The Morgan fingerprint density at radius 3 is 0.932 bits per heavy atom. The number of nitrogens with zero attached hydrogens (tertiary/aromatic N) is 2. The minimum absolute atomic E-state index is 0.